The maximum absolute atomic E-state index is 13.4. The molecule has 0 N–H and O–H groups in total. The van der Waals surface area contributed by atoms with Crippen LogP contribution in [0.3, 0.4) is 0 Å². The molecule has 0 aliphatic carbocycles. The van der Waals surface area contributed by atoms with Gasteiger partial charge >= 0.3 is 0 Å². The first kappa shape index (κ1) is 20.4. The zero-order valence-corrected chi connectivity index (χ0v) is 17.1. The van der Waals surface area contributed by atoms with Crippen molar-refractivity contribution in [1.82, 2.24) is 9.80 Å². The third kappa shape index (κ3) is 4.81. The highest BCUT2D eigenvalue weighted by atomic mass is 19.1. The normalized spacial score (nSPS) is 19.0. The molecule has 0 spiro atoms. The molecule has 2 aromatic rings. The molecule has 2 amide bonds. The van der Waals surface area contributed by atoms with E-state index >= 15 is 0 Å². The highest BCUT2D eigenvalue weighted by Crippen LogP contribution is 2.22. The molecule has 2 fully saturated rings. The Balaban J connectivity index is 1.30. The van der Waals surface area contributed by atoms with Gasteiger partial charge in [0.05, 0.1) is 6.61 Å². The zero-order chi connectivity index (χ0) is 20.9. The van der Waals surface area contributed by atoms with Crippen molar-refractivity contribution in [2.45, 2.75) is 25.7 Å². The zero-order valence-electron chi connectivity index (χ0n) is 17.1. The summed E-state index contributed by atoms with van der Waals surface area (Å²) in [6, 6.07) is 13.1. The van der Waals surface area contributed by atoms with Crippen LogP contribution in [-0.4, -0.2) is 54.4 Å². The van der Waals surface area contributed by atoms with Crippen molar-refractivity contribution >= 4 is 11.8 Å². The van der Waals surface area contributed by atoms with Crippen LogP contribution in [0.4, 0.5) is 4.39 Å². The summed E-state index contributed by atoms with van der Waals surface area (Å²) in [6.45, 7) is 3.46. The molecule has 0 radical (unpaired) electrons. The molecule has 2 aliphatic rings. The lowest BCUT2D eigenvalue weighted by molar-refractivity contribution is 0.0632. The summed E-state index contributed by atoms with van der Waals surface area (Å²) in [7, 11) is 0. The summed E-state index contributed by atoms with van der Waals surface area (Å²) in [5.74, 6) is 0.495. The Hall–Kier alpha value is -2.89. The second kappa shape index (κ2) is 9.28. The van der Waals surface area contributed by atoms with E-state index in [9.17, 15) is 14.0 Å². The van der Waals surface area contributed by atoms with Crippen LogP contribution in [0, 0.1) is 11.7 Å². The lowest BCUT2D eigenvalue weighted by Gasteiger charge is -2.32. The van der Waals surface area contributed by atoms with Crippen LogP contribution >= 0.6 is 0 Å². The smallest absolute Gasteiger partial charge is 0.253 e. The first-order chi connectivity index (χ1) is 14.6. The maximum Gasteiger partial charge on any atom is 0.253 e. The summed E-state index contributed by atoms with van der Waals surface area (Å²) in [5.41, 5.74) is 1.07. The second-order valence-corrected chi connectivity index (χ2v) is 8.10. The van der Waals surface area contributed by atoms with Crippen molar-refractivity contribution < 1.29 is 18.7 Å². The fraction of sp³-hybridized carbons (Fsp3) is 0.417. The van der Waals surface area contributed by atoms with Gasteiger partial charge in [0.15, 0.2) is 0 Å². The SMILES string of the molecule is O=C(c1ccc(OC[C@@H]2CCCN(C(=O)c3cccc(F)c3)C2)cc1)N1CCCC1. The van der Waals surface area contributed by atoms with Gasteiger partial charge in [-0.05, 0) is 68.1 Å². The van der Waals surface area contributed by atoms with Crippen LogP contribution in [0.5, 0.6) is 5.75 Å². The van der Waals surface area contributed by atoms with E-state index in [4.69, 9.17) is 4.74 Å². The van der Waals surface area contributed by atoms with Gasteiger partial charge in [-0.15, -0.1) is 0 Å². The number of carbonyl (C=O) groups is 2. The molecule has 2 saturated heterocycles. The minimum atomic E-state index is -0.399. The Morgan fingerprint density at radius 3 is 2.33 bits per heavy atom. The number of rotatable bonds is 5. The summed E-state index contributed by atoms with van der Waals surface area (Å²) >= 11 is 0. The van der Waals surface area contributed by atoms with Crippen LogP contribution in [0.25, 0.3) is 0 Å². The fourth-order valence-corrected chi connectivity index (χ4v) is 4.20. The molecule has 0 unspecified atom stereocenters. The number of halogens is 1. The van der Waals surface area contributed by atoms with E-state index in [0.717, 1.165) is 44.5 Å². The second-order valence-electron chi connectivity index (χ2n) is 8.10. The summed E-state index contributed by atoms with van der Waals surface area (Å²) in [6.07, 6.45) is 4.04. The molecule has 0 saturated carbocycles. The maximum atomic E-state index is 13.4. The fourth-order valence-electron chi connectivity index (χ4n) is 4.20. The van der Waals surface area contributed by atoms with E-state index in [-0.39, 0.29) is 17.7 Å². The van der Waals surface area contributed by atoms with Crippen molar-refractivity contribution in [2.75, 3.05) is 32.8 Å². The Kier molecular flexibility index (Phi) is 6.31. The molecule has 5 nitrogen and oxygen atoms in total. The number of piperidine rings is 1. The van der Waals surface area contributed by atoms with Gasteiger partial charge in [-0.2, -0.15) is 0 Å². The van der Waals surface area contributed by atoms with Gasteiger partial charge in [-0.25, -0.2) is 4.39 Å². The van der Waals surface area contributed by atoms with Gasteiger partial charge in [-0.3, -0.25) is 9.59 Å². The average Bonchev–Trinajstić information content (AvgIpc) is 3.32. The van der Waals surface area contributed by atoms with Crippen molar-refractivity contribution in [3.8, 4) is 5.75 Å². The molecule has 2 heterocycles. The monoisotopic (exact) mass is 410 g/mol. The van der Waals surface area contributed by atoms with E-state index in [1.807, 2.05) is 29.2 Å². The summed E-state index contributed by atoms with van der Waals surface area (Å²) in [4.78, 5) is 28.8. The first-order valence-corrected chi connectivity index (χ1v) is 10.7. The van der Waals surface area contributed by atoms with Crippen LogP contribution < -0.4 is 4.74 Å². The molecule has 0 aromatic heterocycles. The van der Waals surface area contributed by atoms with Crippen LogP contribution in [0.15, 0.2) is 48.5 Å². The Bertz CT molecular complexity index is 894. The minimum Gasteiger partial charge on any atom is -0.493 e. The molecule has 6 heteroatoms. The quantitative estimate of drug-likeness (QED) is 0.749. The topological polar surface area (TPSA) is 49.9 Å². The average molecular weight is 410 g/mol. The Morgan fingerprint density at radius 2 is 1.60 bits per heavy atom. The van der Waals surface area contributed by atoms with Crippen LogP contribution in [0.2, 0.25) is 0 Å². The third-order valence-electron chi connectivity index (χ3n) is 5.86. The molecule has 1 atom stereocenters. The van der Waals surface area contributed by atoms with E-state index in [0.29, 0.717) is 30.8 Å². The van der Waals surface area contributed by atoms with Crippen molar-refractivity contribution in [3.05, 3.63) is 65.5 Å². The summed E-state index contributed by atoms with van der Waals surface area (Å²) in [5, 5.41) is 0. The molecule has 158 valence electrons. The van der Waals surface area contributed by atoms with Gasteiger partial charge in [0, 0.05) is 43.2 Å². The van der Waals surface area contributed by atoms with Gasteiger partial charge in [0.2, 0.25) is 0 Å². The van der Waals surface area contributed by atoms with E-state index in [1.54, 1.807) is 17.0 Å². The lowest BCUT2D eigenvalue weighted by Crippen LogP contribution is -2.41. The van der Waals surface area contributed by atoms with E-state index < -0.39 is 5.82 Å². The third-order valence-corrected chi connectivity index (χ3v) is 5.86. The molecular weight excluding hydrogens is 383 g/mol. The number of hydrogen-bond donors (Lipinski definition) is 0. The van der Waals surface area contributed by atoms with Gasteiger partial charge in [0.25, 0.3) is 11.8 Å². The van der Waals surface area contributed by atoms with Gasteiger partial charge < -0.3 is 14.5 Å². The number of amides is 2. The lowest BCUT2D eigenvalue weighted by atomic mass is 9.98. The Labute approximate surface area is 176 Å². The Morgan fingerprint density at radius 1 is 0.900 bits per heavy atom. The largest absolute Gasteiger partial charge is 0.493 e. The highest BCUT2D eigenvalue weighted by Gasteiger charge is 2.25. The van der Waals surface area contributed by atoms with E-state index in [2.05, 4.69) is 0 Å². The standard InChI is InChI=1S/C24H27FN2O3/c25-21-7-3-6-20(15-21)24(29)27-14-4-5-18(16-27)17-30-22-10-8-19(9-11-22)23(28)26-12-1-2-13-26/h3,6-11,15,18H,1-2,4-5,12-14,16-17H2/t18-/m1/s1. The number of carbonyl (C=O) groups excluding carboxylic acids is 2. The minimum absolute atomic E-state index is 0.0813. The highest BCUT2D eigenvalue weighted by molar-refractivity contribution is 5.94. The van der Waals surface area contributed by atoms with Crippen LogP contribution in [0.1, 0.15) is 46.4 Å². The molecule has 2 aromatic carbocycles. The van der Waals surface area contributed by atoms with E-state index in [1.165, 1.54) is 12.1 Å². The number of benzene rings is 2. The molecule has 0 bridgehead atoms. The molecule has 30 heavy (non-hydrogen) atoms. The predicted octanol–water partition coefficient (Wildman–Crippen LogP) is 3.99. The van der Waals surface area contributed by atoms with Gasteiger partial charge in [0.1, 0.15) is 11.6 Å². The molecule has 4 rings (SSSR count). The van der Waals surface area contributed by atoms with Crippen LogP contribution in [-0.2, 0) is 0 Å². The summed E-state index contributed by atoms with van der Waals surface area (Å²) < 4.78 is 19.4. The molecule has 2 aliphatic heterocycles. The van der Waals surface area contributed by atoms with Crippen molar-refractivity contribution in [3.63, 3.8) is 0 Å². The number of nitrogens with zero attached hydrogens (tertiary/aromatic N) is 2. The first-order valence-electron chi connectivity index (χ1n) is 10.7. The number of likely N-dealkylation sites (tertiary alicyclic amines) is 2. The molecular formula is C24H27FN2O3. The number of ether oxygens (including phenoxy) is 1. The number of hydrogen-bond acceptors (Lipinski definition) is 3. The van der Waals surface area contributed by atoms with Gasteiger partial charge in [-0.1, -0.05) is 6.07 Å². The van der Waals surface area contributed by atoms with Crippen molar-refractivity contribution in [1.29, 1.82) is 0 Å². The predicted molar refractivity (Wildman–Crippen MR) is 112 cm³/mol. The van der Waals surface area contributed by atoms with Crippen molar-refractivity contribution in [2.24, 2.45) is 5.92 Å².